The molecule has 2 amide bonds. The predicted octanol–water partition coefficient (Wildman–Crippen LogP) is -0.122. The average molecular weight is 174 g/mol. The van der Waals surface area contributed by atoms with Crippen molar-refractivity contribution in [2.45, 2.75) is 31.7 Å². The third-order valence-corrected chi connectivity index (χ3v) is 2.00. The van der Waals surface area contributed by atoms with Crippen molar-refractivity contribution in [3.05, 3.63) is 0 Å². The van der Waals surface area contributed by atoms with Crippen molar-refractivity contribution in [1.82, 2.24) is 5.06 Å². The number of nitrogens with zero attached hydrogens (tertiary/aromatic N) is 1. The molecule has 0 saturated heterocycles. The first-order chi connectivity index (χ1) is 5.61. The van der Waals surface area contributed by atoms with Crippen molar-refractivity contribution < 1.29 is 16.2 Å². The number of nitrogens with two attached hydrogens (primary N) is 1. The maximum absolute atomic E-state index is 11.0. The van der Waals surface area contributed by atoms with E-state index in [1.165, 1.54) is 0 Å². The van der Waals surface area contributed by atoms with Crippen LogP contribution in [0.5, 0.6) is 0 Å². The van der Waals surface area contributed by atoms with Crippen molar-refractivity contribution in [3.63, 3.8) is 0 Å². The first kappa shape index (κ1) is 8.99. The Morgan fingerprint density at radius 1 is 1.58 bits per heavy atom. The SMILES string of the molecule is NC(=O)CC(=O)N(O)C1CCC1.[HH]. The zero-order chi connectivity index (χ0) is 9.14. The van der Waals surface area contributed by atoms with E-state index in [1.54, 1.807) is 0 Å². The minimum atomic E-state index is -0.710. The van der Waals surface area contributed by atoms with E-state index in [0.717, 1.165) is 19.3 Å². The molecule has 1 saturated carbocycles. The zero-order valence-corrected chi connectivity index (χ0v) is 6.69. The molecule has 3 N–H and O–H groups in total. The molecule has 0 aromatic carbocycles. The van der Waals surface area contributed by atoms with Crippen LogP contribution in [-0.2, 0) is 9.59 Å². The van der Waals surface area contributed by atoms with Gasteiger partial charge in [-0.05, 0) is 19.3 Å². The maximum atomic E-state index is 11.0. The molecule has 0 unspecified atom stereocenters. The Kier molecular flexibility index (Phi) is 2.65. The molecule has 70 valence electrons. The largest absolute Gasteiger partial charge is 0.369 e. The van der Waals surface area contributed by atoms with Gasteiger partial charge in [-0.1, -0.05) is 0 Å². The molecular formula is C7H14N2O3. The van der Waals surface area contributed by atoms with Gasteiger partial charge < -0.3 is 5.73 Å². The lowest BCUT2D eigenvalue weighted by molar-refractivity contribution is -0.183. The first-order valence-corrected chi connectivity index (χ1v) is 3.90. The van der Waals surface area contributed by atoms with Gasteiger partial charge in [0.25, 0.3) is 5.91 Å². The van der Waals surface area contributed by atoms with E-state index >= 15 is 0 Å². The lowest BCUT2D eigenvalue weighted by atomic mass is 9.93. The minimum absolute atomic E-state index is 0. The molecule has 1 aliphatic rings. The van der Waals surface area contributed by atoms with Gasteiger partial charge in [-0.15, -0.1) is 0 Å². The zero-order valence-electron chi connectivity index (χ0n) is 6.69. The molecule has 0 aromatic rings. The van der Waals surface area contributed by atoms with E-state index in [1.807, 2.05) is 0 Å². The summed E-state index contributed by atoms with van der Waals surface area (Å²) >= 11 is 0. The van der Waals surface area contributed by atoms with Crippen LogP contribution in [0.15, 0.2) is 0 Å². The van der Waals surface area contributed by atoms with Crippen molar-refractivity contribution in [3.8, 4) is 0 Å². The Morgan fingerprint density at radius 3 is 2.50 bits per heavy atom. The summed E-state index contributed by atoms with van der Waals surface area (Å²) in [4.78, 5) is 21.3. The number of hydrogen-bond donors (Lipinski definition) is 2. The van der Waals surface area contributed by atoms with E-state index in [2.05, 4.69) is 0 Å². The number of carbonyl (C=O) groups excluding carboxylic acids is 2. The van der Waals surface area contributed by atoms with Crippen molar-refractivity contribution in [2.75, 3.05) is 0 Å². The monoisotopic (exact) mass is 174 g/mol. The van der Waals surface area contributed by atoms with Crippen molar-refractivity contribution in [2.24, 2.45) is 5.73 Å². The molecule has 0 aliphatic heterocycles. The third-order valence-electron chi connectivity index (χ3n) is 2.00. The summed E-state index contributed by atoms with van der Waals surface area (Å²) in [5.74, 6) is -1.31. The van der Waals surface area contributed by atoms with Crippen LogP contribution in [0.3, 0.4) is 0 Å². The maximum Gasteiger partial charge on any atom is 0.255 e. The number of carbonyl (C=O) groups is 2. The van der Waals surface area contributed by atoms with Gasteiger partial charge in [0.15, 0.2) is 0 Å². The fourth-order valence-corrected chi connectivity index (χ4v) is 1.06. The quantitative estimate of drug-likeness (QED) is 0.355. The van der Waals surface area contributed by atoms with Gasteiger partial charge in [0, 0.05) is 1.43 Å². The number of rotatable bonds is 3. The molecule has 0 bridgehead atoms. The summed E-state index contributed by atoms with van der Waals surface area (Å²) in [6, 6.07) is -0.100. The highest BCUT2D eigenvalue weighted by Gasteiger charge is 2.28. The smallest absolute Gasteiger partial charge is 0.255 e. The Morgan fingerprint density at radius 2 is 2.17 bits per heavy atom. The number of amides is 2. The molecule has 0 aromatic heterocycles. The van der Waals surface area contributed by atoms with E-state index < -0.39 is 18.2 Å². The summed E-state index contributed by atoms with van der Waals surface area (Å²) in [5.41, 5.74) is 4.79. The van der Waals surface area contributed by atoms with E-state index in [0.29, 0.717) is 5.06 Å². The second kappa shape index (κ2) is 3.53. The van der Waals surface area contributed by atoms with Crippen molar-refractivity contribution >= 4 is 11.8 Å². The lowest BCUT2D eigenvalue weighted by Crippen LogP contribution is -2.43. The molecule has 12 heavy (non-hydrogen) atoms. The Labute approximate surface area is 71.6 Å². The van der Waals surface area contributed by atoms with Crippen molar-refractivity contribution in [1.29, 1.82) is 0 Å². The fourth-order valence-electron chi connectivity index (χ4n) is 1.06. The van der Waals surface area contributed by atoms with Gasteiger partial charge in [-0.25, -0.2) is 5.06 Å². The summed E-state index contributed by atoms with van der Waals surface area (Å²) in [7, 11) is 0. The first-order valence-electron chi connectivity index (χ1n) is 3.90. The molecule has 1 fully saturated rings. The lowest BCUT2D eigenvalue weighted by Gasteiger charge is -2.32. The van der Waals surface area contributed by atoms with E-state index in [-0.39, 0.29) is 7.47 Å². The summed E-state index contributed by atoms with van der Waals surface area (Å²) in [6.45, 7) is 0. The minimum Gasteiger partial charge on any atom is -0.369 e. The number of hydrogen-bond acceptors (Lipinski definition) is 3. The highest BCUT2D eigenvalue weighted by atomic mass is 16.5. The van der Waals surface area contributed by atoms with Gasteiger partial charge in [0.1, 0.15) is 6.42 Å². The predicted molar refractivity (Wildman–Crippen MR) is 42.2 cm³/mol. The van der Waals surface area contributed by atoms with Gasteiger partial charge >= 0.3 is 0 Å². The molecule has 0 spiro atoms. The van der Waals surface area contributed by atoms with Crippen LogP contribution in [0.4, 0.5) is 0 Å². The number of primary amides is 1. The van der Waals surface area contributed by atoms with Crippen LogP contribution < -0.4 is 5.73 Å². The fraction of sp³-hybridized carbons (Fsp3) is 0.714. The molecule has 5 nitrogen and oxygen atoms in total. The molecule has 5 heteroatoms. The Hall–Kier alpha value is -1.10. The van der Waals surface area contributed by atoms with Crippen LogP contribution >= 0.6 is 0 Å². The third kappa shape index (κ3) is 1.94. The van der Waals surface area contributed by atoms with Crippen LogP contribution in [0.1, 0.15) is 27.1 Å². The van der Waals surface area contributed by atoms with Crippen LogP contribution in [0, 0.1) is 0 Å². The highest BCUT2D eigenvalue weighted by Crippen LogP contribution is 2.23. The summed E-state index contributed by atoms with van der Waals surface area (Å²) < 4.78 is 0. The van der Waals surface area contributed by atoms with Crippen LogP contribution in [-0.4, -0.2) is 28.1 Å². The normalized spacial score (nSPS) is 16.8. The average Bonchev–Trinajstić information content (AvgIpc) is 1.81. The Balaban J connectivity index is 0.00000144. The van der Waals surface area contributed by atoms with Gasteiger partial charge in [0.2, 0.25) is 5.91 Å². The Bertz CT molecular complexity index is 206. The van der Waals surface area contributed by atoms with E-state index in [4.69, 9.17) is 10.9 Å². The molecule has 0 atom stereocenters. The van der Waals surface area contributed by atoms with Crippen LogP contribution in [0.2, 0.25) is 0 Å². The summed E-state index contributed by atoms with van der Waals surface area (Å²) in [5, 5.41) is 9.80. The van der Waals surface area contributed by atoms with E-state index in [9.17, 15) is 9.59 Å². The number of hydroxylamine groups is 2. The molecule has 1 rings (SSSR count). The molecule has 1 aliphatic carbocycles. The molecule has 0 heterocycles. The second-order valence-electron chi connectivity index (χ2n) is 2.97. The van der Waals surface area contributed by atoms with Crippen LogP contribution in [0.25, 0.3) is 0 Å². The second-order valence-corrected chi connectivity index (χ2v) is 2.97. The molecular weight excluding hydrogens is 160 g/mol. The van der Waals surface area contributed by atoms with Gasteiger partial charge in [-0.3, -0.25) is 14.8 Å². The summed E-state index contributed by atoms with van der Waals surface area (Å²) in [6.07, 6.45) is 2.22. The highest BCUT2D eigenvalue weighted by molar-refractivity contribution is 5.95. The van der Waals surface area contributed by atoms with Gasteiger partial charge in [0.05, 0.1) is 6.04 Å². The topological polar surface area (TPSA) is 83.6 Å². The van der Waals surface area contributed by atoms with Gasteiger partial charge in [-0.2, -0.15) is 0 Å². The standard InChI is InChI=1S/C7H12N2O3.H2/c8-6(10)4-7(11)9(12)5-2-1-3-5;/h5,12H,1-4H2,(H2,8,10);1H. The molecule has 0 radical (unpaired) electrons.